The lowest BCUT2D eigenvalue weighted by Crippen LogP contribution is -2.00. The molecular formula is C14H14BrNO3S. The summed E-state index contributed by atoms with van der Waals surface area (Å²) in [6.07, 6.45) is 2.05. The van der Waals surface area contributed by atoms with Crippen LogP contribution in [0, 0.1) is 0 Å². The molecule has 0 bridgehead atoms. The fraction of sp³-hybridized carbons (Fsp3) is 0.286. The second kappa shape index (κ2) is 6.85. The van der Waals surface area contributed by atoms with Gasteiger partial charge in [-0.05, 0) is 47.0 Å². The molecule has 0 spiro atoms. The fourth-order valence-corrected chi connectivity index (χ4v) is 2.96. The number of carboxylic acids is 1. The summed E-state index contributed by atoms with van der Waals surface area (Å²) in [4.78, 5) is 15.5. The molecule has 1 aromatic carbocycles. The number of halogens is 1. The highest BCUT2D eigenvalue weighted by molar-refractivity contribution is 9.10. The summed E-state index contributed by atoms with van der Waals surface area (Å²) >= 11 is 4.83. The standard InChI is InChI=1S/C14H14BrNO3S/c1-2-3-13-16-9(8-20-13)7-19-10-4-5-12(15)11(6-10)14(17)18/h4-6,8H,2-3,7H2,1H3,(H,17,18). The number of hydrogen-bond donors (Lipinski definition) is 1. The summed E-state index contributed by atoms with van der Waals surface area (Å²) in [5.41, 5.74) is 1.06. The number of nitrogens with zero attached hydrogens (tertiary/aromatic N) is 1. The molecule has 2 rings (SSSR count). The highest BCUT2D eigenvalue weighted by Crippen LogP contribution is 2.23. The molecule has 0 radical (unpaired) electrons. The molecule has 4 nitrogen and oxygen atoms in total. The maximum absolute atomic E-state index is 11.0. The van der Waals surface area contributed by atoms with E-state index in [2.05, 4.69) is 27.8 Å². The van der Waals surface area contributed by atoms with Crippen LogP contribution < -0.4 is 4.74 Å². The number of aromatic nitrogens is 1. The largest absolute Gasteiger partial charge is 0.487 e. The molecule has 1 aromatic heterocycles. The van der Waals surface area contributed by atoms with Gasteiger partial charge in [-0.25, -0.2) is 9.78 Å². The first kappa shape index (κ1) is 15.0. The maximum atomic E-state index is 11.0. The normalized spacial score (nSPS) is 10.5. The van der Waals surface area contributed by atoms with Crippen molar-refractivity contribution in [2.24, 2.45) is 0 Å². The van der Waals surface area contributed by atoms with Gasteiger partial charge in [0, 0.05) is 9.85 Å². The van der Waals surface area contributed by atoms with Crippen molar-refractivity contribution in [3.8, 4) is 5.75 Å². The van der Waals surface area contributed by atoms with E-state index in [1.54, 1.807) is 23.5 Å². The highest BCUT2D eigenvalue weighted by Gasteiger charge is 2.10. The van der Waals surface area contributed by atoms with Gasteiger partial charge in [0.15, 0.2) is 0 Å². The number of carboxylic acid groups (broad SMARTS) is 1. The molecule has 1 heterocycles. The zero-order valence-electron chi connectivity index (χ0n) is 10.9. The number of hydrogen-bond acceptors (Lipinski definition) is 4. The van der Waals surface area contributed by atoms with Crippen molar-refractivity contribution in [2.75, 3.05) is 0 Å². The van der Waals surface area contributed by atoms with Gasteiger partial charge in [0.05, 0.1) is 16.3 Å². The van der Waals surface area contributed by atoms with Crippen LogP contribution in [0.5, 0.6) is 5.75 Å². The first-order valence-electron chi connectivity index (χ1n) is 6.19. The van der Waals surface area contributed by atoms with Crippen LogP contribution >= 0.6 is 27.3 Å². The van der Waals surface area contributed by atoms with E-state index in [0.717, 1.165) is 23.5 Å². The van der Waals surface area contributed by atoms with Gasteiger partial charge >= 0.3 is 5.97 Å². The molecule has 0 aliphatic rings. The van der Waals surface area contributed by atoms with Crippen LogP contribution in [0.4, 0.5) is 0 Å². The zero-order valence-corrected chi connectivity index (χ0v) is 13.3. The van der Waals surface area contributed by atoms with Gasteiger partial charge in [0.25, 0.3) is 0 Å². The minimum absolute atomic E-state index is 0.187. The highest BCUT2D eigenvalue weighted by atomic mass is 79.9. The topological polar surface area (TPSA) is 59.4 Å². The molecule has 1 N–H and O–H groups in total. The van der Waals surface area contributed by atoms with Gasteiger partial charge in [-0.15, -0.1) is 11.3 Å². The van der Waals surface area contributed by atoms with Gasteiger partial charge < -0.3 is 9.84 Å². The number of thiazole rings is 1. The van der Waals surface area contributed by atoms with Crippen LogP contribution in [0.2, 0.25) is 0 Å². The Morgan fingerprint density at radius 1 is 1.50 bits per heavy atom. The Hall–Kier alpha value is -1.40. The minimum atomic E-state index is -0.985. The average molecular weight is 356 g/mol. The van der Waals surface area contributed by atoms with Crippen LogP contribution in [0.3, 0.4) is 0 Å². The van der Waals surface area contributed by atoms with E-state index >= 15 is 0 Å². The van der Waals surface area contributed by atoms with Crippen molar-refractivity contribution in [1.82, 2.24) is 4.98 Å². The molecule has 0 saturated heterocycles. The molecule has 2 aromatic rings. The maximum Gasteiger partial charge on any atom is 0.336 e. The molecule has 0 unspecified atom stereocenters. The summed E-state index contributed by atoms with van der Waals surface area (Å²) in [6.45, 7) is 2.47. The molecule has 6 heteroatoms. The van der Waals surface area contributed by atoms with Crippen LogP contribution in [0.15, 0.2) is 28.1 Å². The van der Waals surface area contributed by atoms with E-state index in [1.165, 1.54) is 6.07 Å². The lowest BCUT2D eigenvalue weighted by atomic mass is 10.2. The lowest BCUT2D eigenvalue weighted by molar-refractivity contribution is 0.0695. The predicted octanol–water partition coefficient (Wildman–Crippen LogP) is 4.14. The monoisotopic (exact) mass is 355 g/mol. The van der Waals surface area contributed by atoms with Gasteiger partial charge in [0.1, 0.15) is 12.4 Å². The number of aryl methyl sites for hydroxylation is 1. The van der Waals surface area contributed by atoms with Crippen molar-refractivity contribution in [3.05, 3.63) is 44.3 Å². The van der Waals surface area contributed by atoms with E-state index in [1.807, 2.05) is 5.38 Å². The molecule has 0 atom stereocenters. The Labute approximate surface area is 129 Å². The SMILES string of the molecule is CCCc1nc(COc2ccc(Br)c(C(=O)O)c2)cs1. The molecule has 20 heavy (non-hydrogen) atoms. The van der Waals surface area contributed by atoms with Crippen LogP contribution in [-0.2, 0) is 13.0 Å². The van der Waals surface area contributed by atoms with Gasteiger partial charge in [-0.1, -0.05) is 6.92 Å². The molecule has 0 aliphatic carbocycles. The summed E-state index contributed by atoms with van der Waals surface area (Å²) in [5.74, 6) is -0.461. The Morgan fingerprint density at radius 3 is 3.00 bits per heavy atom. The Morgan fingerprint density at radius 2 is 2.30 bits per heavy atom. The van der Waals surface area contributed by atoms with Gasteiger partial charge in [0.2, 0.25) is 0 Å². The molecule has 0 fully saturated rings. The molecule has 106 valence electrons. The van der Waals surface area contributed by atoms with Crippen molar-refractivity contribution < 1.29 is 14.6 Å². The summed E-state index contributed by atoms with van der Waals surface area (Å²) in [6, 6.07) is 4.91. The number of rotatable bonds is 6. The third-order valence-electron chi connectivity index (χ3n) is 2.62. The lowest BCUT2D eigenvalue weighted by Gasteiger charge is -2.06. The molecule has 0 amide bonds. The zero-order chi connectivity index (χ0) is 14.5. The second-order valence-electron chi connectivity index (χ2n) is 4.22. The van der Waals surface area contributed by atoms with Gasteiger partial charge in [-0.3, -0.25) is 0 Å². The second-order valence-corrected chi connectivity index (χ2v) is 6.02. The predicted molar refractivity (Wildman–Crippen MR) is 81.5 cm³/mol. The van der Waals surface area contributed by atoms with E-state index in [-0.39, 0.29) is 5.56 Å². The summed E-state index contributed by atoms with van der Waals surface area (Å²) in [7, 11) is 0. The Balaban J connectivity index is 2.03. The number of aromatic carboxylic acids is 1. The smallest absolute Gasteiger partial charge is 0.336 e. The molecule has 0 aliphatic heterocycles. The van der Waals surface area contributed by atoms with Crippen molar-refractivity contribution in [1.29, 1.82) is 0 Å². The quantitative estimate of drug-likeness (QED) is 0.845. The van der Waals surface area contributed by atoms with Crippen LogP contribution in [0.1, 0.15) is 34.4 Å². The number of ether oxygens (including phenoxy) is 1. The van der Waals surface area contributed by atoms with Crippen LogP contribution in [-0.4, -0.2) is 16.1 Å². The average Bonchev–Trinajstić information content (AvgIpc) is 2.86. The first-order chi connectivity index (χ1) is 9.60. The molecular weight excluding hydrogens is 342 g/mol. The van der Waals surface area contributed by atoms with Crippen LogP contribution in [0.25, 0.3) is 0 Å². The Bertz CT molecular complexity index is 612. The Kier molecular flexibility index (Phi) is 5.14. The number of carbonyl (C=O) groups is 1. The van der Waals surface area contributed by atoms with Gasteiger partial charge in [-0.2, -0.15) is 0 Å². The first-order valence-corrected chi connectivity index (χ1v) is 7.86. The minimum Gasteiger partial charge on any atom is -0.487 e. The van der Waals surface area contributed by atoms with E-state index < -0.39 is 5.97 Å². The van der Waals surface area contributed by atoms with E-state index in [0.29, 0.717) is 16.8 Å². The van der Waals surface area contributed by atoms with E-state index in [4.69, 9.17) is 9.84 Å². The summed E-state index contributed by atoms with van der Waals surface area (Å²) in [5, 5.41) is 12.1. The third kappa shape index (κ3) is 3.80. The molecule has 0 saturated carbocycles. The fourth-order valence-electron chi connectivity index (χ4n) is 1.66. The third-order valence-corrected chi connectivity index (χ3v) is 4.27. The number of benzene rings is 1. The van der Waals surface area contributed by atoms with Crippen molar-refractivity contribution >= 4 is 33.2 Å². The summed E-state index contributed by atoms with van der Waals surface area (Å²) < 4.78 is 6.13. The van der Waals surface area contributed by atoms with Crippen molar-refractivity contribution in [2.45, 2.75) is 26.4 Å². The van der Waals surface area contributed by atoms with E-state index in [9.17, 15) is 4.79 Å². The van der Waals surface area contributed by atoms with Crippen molar-refractivity contribution in [3.63, 3.8) is 0 Å².